The van der Waals surface area contributed by atoms with Gasteiger partial charge in [-0.1, -0.05) is 6.92 Å². The van der Waals surface area contributed by atoms with Gasteiger partial charge in [-0.2, -0.15) is 0 Å². The highest BCUT2D eigenvalue weighted by Crippen LogP contribution is 2.06. The zero-order valence-electron chi connectivity index (χ0n) is 11.7. The molecule has 2 rings (SSSR count). The van der Waals surface area contributed by atoms with Crippen molar-refractivity contribution in [3.05, 3.63) is 36.3 Å². The van der Waals surface area contributed by atoms with Crippen molar-refractivity contribution >= 4 is 0 Å². The summed E-state index contributed by atoms with van der Waals surface area (Å²) in [5, 5.41) is 8.17. The molecule has 104 valence electrons. The maximum absolute atomic E-state index is 5.33. The van der Waals surface area contributed by atoms with E-state index in [-0.39, 0.29) is 0 Å². The molecule has 0 fully saturated rings. The summed E-state index contributed by atoms with van der Waals surface area (Å²) >= 11 is 0. The molecule has 0 atom stereocenters. The molecule has 0 aliphatic rings. The Balaban J connectivity index is 1.74. The maximum atomic E-state index is 5.33. The number of hydrogen-bond acceptors (Lipinski definition) is 4. The third-order valence-corrected chi connectivity index (χ3v) is 3.11. The molecule has 0 radical (unpaired) electrons. The Hall–Kier alpha value is -1.62. The molecule has 0 unspecified atom stereocenters. The fraction of sp³-hybridized carbons (Fsp3) is 0.571. The van der Waals surface area contributed by atoms with Gasteiger partial charge in [0.15, 0.2) is 0 Å². The van der Waals surface area contributed by atoms with Gasteiger partial charge in [-0.05, 0) is 38.6 Å². The highest BCUT2D eigenvalue weighted by Gasteiger charge is 2.07. The van der Waals surface area contributed by atoms with Crippen molar-refractivity contribution in [1.82, 2.24) is 19.7 Å². The van der Waals surface area contributed by atoms with Crippen molar-refractivity contribution < 1.29 is 4.42 Å². The number of rotatable bonds is 8. The Kier molecular flexibility index (Phi) is 5.15. The zero-order valence-corrected chi connectivity index (χ0v) is 11.7. The van der Waals surface area contributed by atoms with Crippen LogP contribution in [0.3, 0.4) is 0 Å². The van der Waals surface area contributed by atoms with E-state index in [4.69, 9.17) is 4.42 Å². The van der Waals surface area contributed by atoms with E-state index in [2.05, 4.69) is 33.6 Å². The summed E-state index contributed by atoms with van der Waals surface area (Å²) in [6.07, 6.45) is 6.72. The minimum Gasteiger partial charge on any atom is -0.469 e. The minimum absolute atomic E-state index is 0.845. The minimum atomic E-state index is 0.845. The van der Waals surface area contributed by atoms with E-state index < -0.39 is 0 Å². The summed E-state index contributed by atoms with van der Waals surface area (Å²) < 4.78 is 7.46. The molecule has 0 aliphatic carbocycles. The molecule has 0 amide bonds. The molecule has 0 saturated heterocycles. The topological polar surface area (TPSA) is 47.1 Å². The first-order valence-corrected chi connectivity index (χ1v) is 6.87. The fourth-order valence-corrected chi connectivity index (χ4v) is 2.13. The van der Waals surface area contributed by atoms with Gasteiger partial charge in [-0.15, -0.1) is 10.2 Å². The van der Waals surface area contributed by atoms with Gasteiger partial charge in [-0.25, -0.2) is 0 Å². The lowest BCUT2D eigenvalue weighted by atomic mass is 10.2. The summed E-state index contributed by atoms with van der Waals surface area (Å²) in [5.41, 5.74) is 0. The SMILES string of the molecule is CCCn1cnnc1CN(C)CCCc1ccco1. The molecule has 0 aromatic carbocycles. The number of furan rings is 1. The monoisotopic (exact) mass is 262 g/mol. The molecule has 0 spiro atoms. The summed E-state index contributed by atoms with van der Waals surface area (Å²) in [5.74, 6) is 2.10. The van der Waals surface area contributed by atoms with Crippen LogP contribution in [0.4, 0.5) is 0 Å². The molecule has 0 saturated carbocycles. The van der Waals surface area contributed by atoms with Crippen LogP contribution in [0.1, 0.15) is 31.4 Å². The van der Waals surface area contributed by atoms with E-state index >= 15 is 0 Å². The van der Waals surface area contributed by atoms with Gasteiger partial charge in [0.25, 0.3) is 0 Å². The van der Waals surface area contributed by atoms with Crippen molar-refractivity contribution in [2.24, 2.45) is 0 Å². The third kappa shape index (κ3) is 4.21. The van der Waals surface area contributed by atoms with E-state index in [1.807, 2.05) is 18.5 Å². The second-order valence-corrected chi connectivity index (χ2v) is 4.86. The van der Waals surface area contributed by atoms with Crippen molar-refractivity contribution in [3.8, 4) is 0 Å². The van der Waals surface area contributed by atoms with Crippen molar-refractivity contribution in [2.75, 3.05) is 13.6 Å². The molecule has 2 heterocycles. The lowest BCUT2D eigenvalue weighted by Gasteiger charge is -2.16. The van der Waals surface area contributed by atoms with Crippen LogP contribution in [0.2, 0.25) is 0 Å². The number of aromatic nitrogens is 3. The first-order valence-electron chi connectivity index (χ1n) is 6.87. The third-order valence-electron chi connectivity index (χ3n) is 3.11. The molecule has 2 aromatic rings. The molecule has 0 N–H and O–H groups in total. The number of hydrogen-bond donors (Lipinski definition) is 0. The molecule has 19 heavy (non-hydrogen) atoms. The van der Waals surface area contributed by atoms with Gasteiger partial charge in [-0.3, -0.25) is 4.90 Å². The Bertz CT molecular complexity index is 464. The van der Waals surface area contributed by atoms with E-state index in [1.54, 1.807) is 6.26 Å². The maximum Gasteiger partial charge on any atom is 0.146 e. The standard InChI is InChI=1S/C14H22N4O/c1-3-8-18-12-15-16-14(18)11-17(2)9-4-6-13-7-5-10-19-13/h5,7,10,12H,3-4,6,8-9,11H2,1-2H3. The highest BCUT2D eigenvalue weighted by molar-refractivity contribution is 4.98. The van der Waals surface area contributed by atoms with Gasteiger partial charge >= 0.3 is 0 Å². The smallest absolute Gasteiger partial charge is 0.146 e. The zero-order chi connectivity index (χ0) is 13.5. The van der Waals surface area contributed by atoms with E-state index in [1.165, 1.54) is 0 Å². The average Bonchev–Trinajstić information content (AvgIpc) is 3.02. The predicted molar refractivity (Wildman–Crippen MR) is 73.7 cm³/mol. The summed E-state index contributed by atoms with van der Waals surface area (Å²) in [7, 11) is 2.12. The van der Waals surface area contributed by atoms with Gasteiger partial charge in [0.1, 0.15) is 17.9 Å². The Morgan fingerprint density at radius 1 is 1.42 bits per heavy atom. The van der Waals surface area contributed by atoms with E-state index in [0.717, 1.165) is 50.5 Å². The Morgan fingerprint density at radius 2 is 2.32 bits per heavy atom. The number of nitrogens with zero attached hydrogens (tertiary/aromatic N) is 4. The van der Waals surface area contributed by atoms with Crippen LogP contribution in [-0.4, -0.2) is 33.3 Å². The van der Waals surface area contributed by atoms with Crippen LogP contribution in [0.5, 0.6) is 0 Å². The van der Waals surface area contributed by atoms with Crippen molar-refractivity contribution in [3.63, 3.8) is 0 Å². The fourth-order valence-electron chi connectivity index (χ4n) is 2.13. The summed E-state index contributed by atoms with van der Waals surface area (Å²) in [6, 6.07) is 3.96. The quantitative estimate of drug-likeness (QED) is 0.732. The molecule has 5 nitrogen and oxygen atoms in total. The normalized spacial score (nSPS) is 11.3. The van der Waals surface area contributed by atoms with Crippen molar-refractivity contribution in [2.45, 2.75) is 39.3 Å². The summed E-state index contributed by atoms with van der Waals surface area (Å²) in [4.78, 5) is 2.28. The van der Waals surface area contributed by atoms with Crippen LogP contribution in [-0.2, 0) is 19.5 Å². The molecular formula is C14H22N4O. The van der Waals surface area contributed by atoms with Gasteiger partial charge in [0.2, 0.25) is 0 Å². The van der Waals surface area contributed by atoms with Gasteiger partial charge in [0.05, 0.1) is 12.8 Å². The van der Waals surface area contributed by atoms with Crippen LogP contribution < -0.4 is 0 Å². The highest BCUT2D eigenvalue weighted by atomic mass is 16.3. The molecule has 0 bridgehead atoms. The van der Waals surface area contributed by atoms with Crippen LogP contribution >= 0.6 is 0 Å². The second-order valence-electron chi connectivity index (χ2n) is 4.86. The molecule has 5 heteroatoms. The molecule has 0 aliphatic heterocycles. The van der Waals surface area contributed by atoms with Crippen LogP contribution in [0.25, 0.3) is 0 Å². The van der Waals surface area contributed by atoms with Crippen molar-refractivity contribution in [1.29, 1.82) is 0 Å². The molecule has 2 aromatic heterocycles. The molecular weight excluding hydrogens is 240 g/mol. The first-order chi connectivity index (χ1) is 9.29. The second kappa shape index (κ2) is 7.09. The van der Waals surface area contributed by atoms with Gasteiger partial charge < -0.3 is 8.98 Å². The van der Waals surface area contributed by atoms with Gasteiger partial charge in [0, 0.05) is 13.0 Å². The van der Waals surface area contributed by atoms with E-state index in [9.17, 15) is 0 Å². The van der Waals surface area contributed by atoms with E-state index in [0.29, 0.717) is 0 Å². The summed E-state index contributed by atoms with van der Waals surface area (Å²) in [6.45, 7) is 5.03. The predicted octanol–water partition coefficient (Wildman–Crippen LogP) is 2.35. The van der Waals surface area contributed by atoms with Crippen LogP contribution in [0, 0.1) is 0 Å². The Morgan fingerprint density at radius 3 is 3.05 bits per heavy atom. The lowest BCUT2D eigenvalue weighted by Crippen LogP contribution is -2.22. The average molecular weight is 262 g/mol. The Labute approximate surface area is 114 Å². The largest absolute Gasteiger partial charge is 0.469 e. The lowest BCUT2D eigenvalue weighted by molar-refractivity contribution is 0.304. The van der Waals surface area contributed by atoms with Crippen LogP contribution in [0.15, 0.2) is 29.1 Å². The first kappa shape index (κ1) is 13.8. The number of aryl methyl sites for hydroxylation is 2.